The van der Waals surface area contributed by atoms with Gasteiger partial charge in [-0.15, -0.1) is 0 Å². The molecule has 0 aliphatic heterocycles. The average Bonchev–Trinajstić information content (AvgIpc) is 2.71. The minimum atomic E-state index is -1.00. The number of hydrogen-bond acceptors (Lipinski definition) is 4. The number of benzene rings is 2. The first-order chi connectivity index (χ1) is 13.5. The van der Waals surface area contributed by atoms with Gasteiger partial charge in [-0.3, -0.25) is 0 Å². The molecule has 5 heteroatoms. The zero-order valence-electron chi connectivity index (χ0n) is 15.8. The fourth-order valence-electron chi connectivity index (χ4n) is 2.89. The van der Waals surface area contributed by atoms with Crippen molar-refractivity contribution in [2.24, 2.45) is 0 Å². The fraction of sp³-hybridized carbons (Fsp3) is 0.130. The number of aryl methyl sites for hydroxylation is 1. The van der Waals surface area contributed by atoms with E-state index in [0.29, 0.717) is 17.9 Å². The number of aliphatic carboxylic acids is 1. The molecular weight excluding hydrogens is 352 g/mol. The molecule has 2 N–H and O–H groups in total. The highest BCUT2D eigenvalue weighted by Gasteiger charge is 2.05. The van der Waals surface area contributed by atoms with Crippen LogP contribution in [0, 0.1) is 6.92 Å². The van der Waals surface area contributed by atoms with E-state index in [1.54, 1.807) is 13.3 Å². The number of rotatable bonds is 7. The van der Waals surface area contributed by atoms with Crippen LogP contribution in [0.15, 0.2) is 66.9 Å². The van der Waals surface area contributed by atoms with Crippen molar-refractivity contribution in [1.29, 1.82) is 0 Å². The maximum Gasteiger partial charge on any atom is 0.328 e. The van der Waals surface area contributed by atoms with Crippen LogP contribution < -0.4 is 10.1 Å². The van der Waals surface area contributed by atoms with Crippen molar-refractivity contribution >= 4 is 17.9 Å². The summed E-state index contributed by atoms with van der Waals surface area (Å²) in [6.07, 6.45) is 4.42. The highest BCUT2D eigenvalue weighted by atomic mass is 16.5. The smallest absolute Gasteiger partial charge is 0.328 e. The Hall–Kier alpha value is -3.60. The van der Waals surface area contributed by atoms with Gasteiger partial charge in [-0.25, -0.2) is 9.78 Å². The number of aromatic nitrogens is 1. The highest BCUT2D eigenvalue weighted by molar-refractivity contribution is 5.86. The van der Waals surface area contributed by atoms with Gasteiger partial charge in [0.2, 0.25) is 0 Å². The second kappa shape index (κ2) is 8.86. The van der Waals surface area contributed by atoms with E-state index in [-0.39, 0.29) is 0 Å². The standard InChI is InChI=1S/C23H22N2O3/c1-16-4-3-5-17(12-16)14-24-22-10-7-20(15-25-22)18-6-9-21(28-2)19(13-18)8-11-23(26)27/h3-13,15H,14H2,1-2H3,(H,24,25)(H,26,27)/b11-8+. The summed E-state index contributed by atoms with van der Waals surface area (Å²) in [5.74, 6) is 0.411. The molecule has 0 fully saturated rings. The van der Waals surface area contributed by atoms with Crippen molar-refractivity contribution in [2.75, 3.05) is 12.4 Å². The van der Waals surface area contributed by atoms with Crippen molar-refractivity contribution < 1.29 is 14.6 Å². The largest absolute Gasteiger partial charge is 0.496 e. The summed E-state index contributed by atoms with van der Waals surface area (Å²) in [6.45, 7) is 2.78. The predicted molar refractivity (Wildman–Crippen MR) is 111 cm³/mol. The quantitative estimate of drug-likeness (QED) is 0.583. The Bertz CT molecular complexity index is 995. The number of pyridine rings is 1. The number of carboxylic acid groups (broad SMARTS) is 1. The molecule has 3 aromatic rings. The average molecular weight is 374 g/mol. The van der Waals surface area contributed by atoms with Crippen molar-refractivity contribution in [2.45, 2.75) is 13.5 Å². The zero-order valence-corrected chi connectivity index (χ0v) is 15.8. The van der Waals surface area contributed by atoms with E-state index < -0.39 is 5.97 Å². The number of carbonyl (C=O) groups is 1. The zero-order chi connectivity index (χ0) is 19.9. The molecule has 1 heterocycles. The predicted octanol–water partition coefficient (Wildman–Crippen LogP) is 4.78. The molecule has 0 bridgehead atoms. The lowest BCUT2D eigenvalue weighted by Gasteiger charge is -2.10. The van der Waals surface area contributed by atoms with Crippen molar-refractivity contribution in [3.63, 3.8) is 0 Å². The first-order valence-corrected chi connectivity index (χ1v) is 8.90. The molecule has 0 saturated carbocycles. The Morgan fingerprint density at radius 3 is 2.64 bits per heavy atom. The molecule has 3 rings (SSSR count). The van der Waals surface area contributed by atoms with Gasteiger partial charge in [0.15, 0.2) is 0 Å². The molecule has 0 radical (unpaired) electrons. The fourth-order valence-corrected chi connectivity index (χ4v) is 2.89. The van der Waals surface area contributed by atoms with E-state index >= 15 is 0 Å². The van der Waals surface area contributed by atoms with Crippen LogP contribution in [0.1, 0.15) is 16.7 Å². The number of nitrogens with one attached hydrogen (secondary N) is 1. The number of hydrogen-bond donors (Lipinski definition) is 2. The van der Waals surface area contributed by atoms with E-state index in [2.05, 4.69) is 35.4 Å². The van der Waals surface area contributed by atoms with E-state index in [1.807, 2.05) is 36.4 Å². The molecule has 0 atom stereocenters. The van der Waals surface area contributed by atoms with Gasteiger partial charge in [0.1, 0.15) is 11.6 Å². The Labute approximate surface area is 164 Å². The van der Waals surface area contributed by atoms with Gasteiger partial charge in [-0.1, -0.05) is 35.9 Å². The molecule has 142 valence electrons. The van der Waals surface area contributed by atoms with E-state index in [1.165, 1.54) is 17.2 Å². The molecule has 1 aromatic heterocycles. The van der Waals surface area contributed by atoms with Gasteiger partial charge in [-0.2, -0.15) is 0 Å². The summed E-state index contributed by atoms with van der Waals surface area (Å²) in [4.78, 5) is 15.3. The summed E-state index contributed by atoms with van der Waals surface area (Å²) in [6, 6.07) is 17.9. The minimum Gasteiger partial charge on any atom is -0.496 e. The number of methoxy groups -OCH3 is 1. The molecule has 2 aromatic carbocycles. The van der Waals surface area contributed by atoms with Gasteiger partial charge in [0.25, 0.3) is 0 Å². The molecular formula is C23H22N2O3. The summed E-state index contributed by atoms with van der Waals surface area (Å²) < 4.78 is 5.30. The van der Waals surface area contributed by atoms with Crippen LogP contribution >= 0.6 is 0 Å². The van der Waals surface area contributed by atoms with Crippen LogP contribution in [0.4, 0.5) is 5.82 Å². The lowest BCUT2D eigenvalue weighted by Crippen LogP contribution is -2.01. The van der Waals surface area contributed by atoms with Gasteiger partial charge >= 0.3 is 5.97 Å². The normalized spacial score (nSPS) is 10.8. The third kappa shape index (κ3) is 4.98. The van der Waals surface area contributed by atoms with Gasteiger partial charge in [-0.05, 0) is 48.4 Å². The number of ether oxygens (including phenoxy) is 1. The Morgan fingerprint density at radius 1 is 1.14 bits per heavy atom. The lowest BCUT2D eigenvalue weighted by molar-refractivity contribution is -0.131. The van der Waals surface area contributed by atoms with Gasteiger partial charge in [0.05, 0.1) is 7.11 Å². The molecule has 0 amide bonds. The monoisotopic (exact) mass is 374 g/mol. The summed E-state index contributed by atoms with van der Waals surface area (Å²) in [5.41, 5.74) is 5.01. The van der Waals surface area contributed by atoms with Crippen LogP contribution in [-0.4, -0.2) is 23.2 Å². The van der Waals surface area contributed by atoms with Crippen LogP contribution in [0.3, 0.4) is 0 Å². The lowest BCUT2D eigenvalue weighted by atomic mass is 10.0. The number of nitrogens with zero attached hydrogens (tertiary/aromatic N) is 1. The van der Waals surface area contributed by atoms with E-state index in [0.717, 1.165) is 23.0 Å². The van der Waals surface area contributed by atoms with Gasteiger partial charge < -0.3 is 15.2 Å². The Morgan fingerprint density at radius 2 is 1.96 bits per heavy atom. The highest BCUT2D eigenvalue weighted by Crippen LogP contribution is 2.28. The van der Waals surface area contributed by atoms with Gasteiger partial charge in [0, 0.05) is 29.9 Å². The summed E-state index contributed by atoms with van der Waals surface area (Å²) in [5, 5.41) is 12.2. The second-order valence-electron chi connectivity index (χ2n) is 6.40. The minimum absolute atomic E-state index is 0.616. The molecule has 0 spiro atoms. The van der Waals surface area contributed by atoms with Crippen molar-refractivity contribution in [3.05, 3.63) is 83.6 Å². The first kappa shape index (κ1) is 19.2. The third-order valence-electron chi connectivity index (χ3n) is 4.29. The molecule has 5 nitrogen and oxygen atoms in total. The second-order valence-corrected chi connectivity index (χ2v) is 6.40. The Balaban J connectivity index is 1.75. The molecule has 0 saturated heterocycles. The summed E-state index contributed by atoms with van der Waals surface area (Å²) >= 11 is 0. The number of anilines is 1. The SMILES string of the molecule is COc1ccc(-c2ccc(NCc3cccc(C)c3)nc2)cc1/C=C/C(=O)O. The van der Waals surface area contributed by atoms with Crippen LogP contribution in [0.25, 0.3) is 17.2 Å². The maximum absolute atomic E-state index is 10.8. The molecule has 28 heavy (non-hydrogen) atoms. The van der Waals surface area contributed by atoms with Crippen LogP contribution in [-0.2, 0) is 11.3 Å². The summed E-state index contributed by atoms with van der Waals surface area (Å²) in [7, 11) is 1.56. The van der Waals surface area contributed by atoms with Crippen molar-refractivity contribution in [3.8, 4) is 16.9 Å². The Kier molecular flexibility index (Phi) is 6.07. The molecule has 0 unspecified atom stereocenters. The van der Waals surface area contributed by atoms with Crippen LogP contribution in [0.5, 0.6) is 5.75 Å². The van der Waals surface area contributed by atoms with Crippen LogP contribution in [0.2, 0.25) is 0 Å². The maximum atomic E-state index is 10.8. The van der Waals surface area contributed by atoms with Crippen molar-refractivity contribution in [1.82, 2.24) is 4.98 Å². The topological polar surface area (TPSA) is 71.5 Å². The molecule has 0 aliphatic rings. The van der Waals surface area contributed by atoms with E-state index in [4.69, 9.17) is 9.84 Å². The van der Waals surface area contributed by atoms with E-state index in [9.17, 15) is 4.79 Å². The first-order valence-electron chi connectivity index (χ1n) is 8.90. The molecule has 0 aliphatic carbocycles. The third-order valence-corrected chi connectivity index (χ3v) is 4.29. The number of carboxylic acids is 1.